The summed E-state index contributed by atoms with van der Waals surface area (Å²) in [6.45, 7) is 17.6. The molecule has 1 aliphatic heterocycles. The van der Waals surface area contributed by atoms with Gasteiger partial charge in [-0.05, 0) is 66.9 Å². The molecule has 35 heavy (non-hydrogen) atoms. The minimum atomic E-state index is -0.570. The molecule has 5 nitrogen and oxygen atoms in total. The molecule has 2 fully saturated rings. The summed E-state index contributed by atoms with van der Waals surface area (Å²) in [5, 5.41) is 21.9. The zero-order valence-electron chi connectivity index (χ0n) is 22.9. The number of aromatic hydroxyl groups is 1. The molecule has 0 unspecified atom stereocenters. The number of hydrogen-bond acceptors (Lipinski definition) is 4. The van der Waals surface area contributed by atoms with Gasteiger partial charge in [-0.1, -0.05) is 55.4 Å². The van der Waals surface area contributed by atoms with Crippen LogP contribution in [0.5, 0.6) is 5.75 Å². The van der Waals surface area contributed by atoms with E-state index in [-0.39, 0.29) is 23.2 Å². The van der Waals surface area contributed by atoms with Gasteiger partial charge in [0.15, 0.2) is 5.78 Å². The van der Waals surface area contributed by atoms with Gasteiger partial charge in [0.25, 0.3) is 0 Å². The Labute approximate surface area is 220 Å². The number of Topliss-reactive ketones (excluding diaryl/α,β-unsaturated/α-hetero) is 1. The molecule has 1 heterocycles. The van der Waals surface area contributed by atoms with E-state index in [2.05, 4.69) is 80.5 Å². The molecule has 0 amide bonds. The molecule has 3 rings (SSSR count). The van der Waals surface area contributed by atoms with Crippen LogP contribution in [0.3, 0.4) is 0 Å². The molecule has 2 aliphatic rings. The SMILES string of the molecule is CCC(O)(CC)C[C@H]1C[C@H]2CN(CC(=O)c3cc(C(C)(C)C)c(O)c(C(C)(C)C)c3)C(=NBr)[C@H]2C1. The van der Waals surface area contributed by atoms with Gasteiger partial charge < -0.3 is 15.1 Å². The van der Waals surface area contributed by atoms with Crippen molar-refractivity contribution in [2.45, 2.75) is 104 Å². The first kappa shape index (κ1) is 28.2. The van der Waals surface area contributed by atoms with E-state index >= 15 is 0 Å². The van der Waals surface area contributed by atoms with Gasteiger partial charge in [0.1, 0.15) is 11.6 Å². The van der Waals surface area contributed by atoms with Crippen molar-refractivity contribution in [1.29, 1.82) is 0 Å². The van der Waals surface area contributed by atoms with Crippen LogP contribution in [-0.4, -0.2) is 45.4 Å². The number of phenols is 1. The summed E-state index contributed by atoms with van der Waals surface area (Å²) in [7, 11) is 0. The van der Waals surface area contributed by atoms with Crippen LogP contribution in [0.1, 0.15) is 109 Å². The predicted molar refractivity (Wildman–Crippen MR) is 148 cm³/mol. The first-order valence-electron chi connectivity index (χ1n) is 13.2. The van der Waals surface area contributed by atoms with E-state index in [0.717, 1.165) is 55.6 Å². The Hall–Kier alpha value is -1.40. The lowest BCUT2D eigenvalue weighted by atomic mass is 9.78. The summed E-state index contributed by atoms with van der Waals surface area (Å²) in [5.74, 6) is 2.62. The van der Waals surface area contributed by atoms with Crippen LogP contribution in [0.15, 0.2) is 16.2 Å². The summed E-state index contributed by atoms with van der Waals surface area (Å²) in [5.41, 5.74) is 1.14. The van der Waals surface area contributed by atoms with Gasteiger partial charge in [0, 0.05) is 29.2 Å². The van der Waals surface area contributed by atoms with Crippen molar-refractivity contribution in [3.63, 3.8) is 0 Å². The third-order valence-corrected chi connectivity index (χ3v) is 8.72. The first-order chi connectivity index (χ1) is 16.1. The number of carbonyl (C=O) groups is 1. The molecule has 1 saturated carbocycles. The highest BCUT2D eigenvalue weighted by molar-refractivity contribution is 9.08. The molecule has 1 aromatic rings. The van der Waals surface area contributed by atoms with Crippen molar-refractivity contribution in [2.75, 3.05) is 13.1 Å². The number of nitrogens with zero attached hydrogens (tertiary/aromatic N) is 2. The van der Waals surface area contributed by atoms with Crippen LogP contribution < -0.4 is 0 Å². The Morgan fingerprint density at radius 3 is 2.06 bits per heavy atom. The van der Waals surface area contributed by atoms with Crippen molar-refractivity contribution in [3.05, 3.63) is 28.8 Å². The quantitative estimate of drug-likeness (QED) is 0.368. The minimum Gasteiger partial charge on any atom is -0.507 e. The van der Waals surface area contributed by atoms with E-state index in [0.29, 0.717) is 29.1 Å². The fourth-order valence-corrected chi connectivity index (χ4v) is 6.56. The smallest absolute Gasteiger partial charge is 0.182 e. The molecule has 196 valence electrons. The highest BCUT2D eigenvalue weighted by Crippen LogP contribution is 2.47. The molecule has 3 atom stereocenters. The molecule has 2 N–H and O–H groups in total. The summed E-state index contributed by atoms with van der Waals surface area (Å²) < 4.78 is 4.46. The van der Waals surface area contributed by atoms with Crippen molar-refractivity contribution in [1.82, 2.24) is 4.90 Å². The average Bonchev–Trinajstić information content (AvgIpc) is 3.27. The molecule has 0 aromatic heterocycles. The van der Waals surface area contributed by atoms with Gasteiger partial charge in [-0.3, -0.25) is 4.79 Å². The van der Waals surface area contributed by atoms with E-state index in [1.54, 1.807) is 0 Å². The number of benzene rings is 1. The third kappa shape index (κ3) is 5.95. The second kappa shape index (κ2) is 10.2. The van der Waals surface area contributed by atoms with Crippen LogP contribution in [0.2, 0.25) is 0 Å². The van der Waals surface area contributed by atoms with Gasteiger partial charge in [0.05, 0.1) is 28.3 Å². The van der Waals surface area contributed by atoms with Crippen molar-refractivity contribution in [2.24, 2.45) is 21.8 Å². The van der Waals surface area contributed by atoms with E-state index in [4.69, 9.17) is 0 Å². The van der Waals surface area contributed by atoms with Gasteiger partial charge in [0.2, 0.25) is 0 Å². The average molecular weight is 550 g/mol. The highest BCUT2D eigenvalue weighted by atomic mass is 79.9. The van der Waals surface area contributed by atoms with Gasteiger partial charge in [-0.25, -0.2) is 0 Å². The number of halogens is 1. The maximum Gasteiger partial charge on any atom is 0.182 e. The molecule has 0 radical (unpaired) electrons. The van der Waals surface area contributed by atoms with Gasteiger partial charge in [-0.2, -0.15) is 4.02 Å². The number of fused-ring (bicyclic) bond motifs is 1. The number of ketones is 1. The number of phenolic OH excluding ortho intramolecular Hbond substituents is 1. The minimum absolute atomic E-state index is 0.0533. The second-order valence-electron chi connectivity index (χ2n) is 13.0. The third-order valence-electron chi connectivity index (χ3n) is 8.36. The number of amidine groups is 1. The lowest BCUT2D eigenvalue weighted by Crippen LogP contribution is -2.34. The molecule has 0 spiro atoms. The topological polar surface area (TPSA) is 73.1 Å². The van der Waals surface area contributed by atoms with Crippen LogP contribution >= 0.6 is 16.1 Å². The lowest BCUT2D eigenvalue weighted by Gasteiger charge is -2.30. The normalized spacial score (nSPS) is 24.3. The van der Waals surface area contributed by atoms with Gasteiger partial charge in [-0.15, -0.1) is 0 Å². The zero-order chi connectivity index (χ0) is 26.3. The predicted octanol–water partition coefficient (Wildman–Crippen LogP) is 6.78. The Morgan fingerprint density at radius 1 is 1.06 bits per heavy atom. The van der Waals surface area contributed by atoms with Gasteiger partial charge >= 0.3 is 0 Å². The number of carbonyl (C=O) groups excluding carboxylic acids is 1. The number of aliphatic hydroxyl groups is 1. The van der Waals surface area contributed by atoms with Crippen LogP contribution in [0.4, 0.5) is 0 Å². The standard InChI is InChI=1S/C29H45BrN2O3/c1-9-29(35,10-2)15-18-11-20-16-32(26(31-30)21(20)12-18)17-24(33)19-13-22(27(3,4)5)25(34)23(14-19)28(6,7)8/h13-14,18,20-21,34-35H,9-12,15-17H2,1-8H3/t18-,20-,21-/m0/s1. The number of hydrogen-bond donors (Lipinski definition) is 2. The van der Waals surface area contributed by atoms with Crippen molar-refractivity contribution in [3.8, 4) is 5.75 Å². The molecule has 6 heteroatoms. The maximum atomic E-state index is 13.6. The van der Waals surface area contributed by atoms with E-state index in [1.165, 1.54) is 0 Å². The molecule has 1 saturated heterocycles. The number of likely N-dealkylation sites (tertiary alicyclic amines) is 1. The Balaban J connectivity index is 1.80. The Morgan fingerprint density at radius 2 is 1.60 bits per heavy atom. The molecule has 0 bridgehead atoms. The van der Waals surface area contributed by atoms with E-state index in [1.807, 2.05) is 12.1 Å². The largest absolute Gasteiger partial charge is 0.507 e. The van der Waals surface area contributed by atoms with E-state index in [9.17, 15) is 15.0 Å². The first-order valence-corrected chi connectivity index (χ1v) is 13.9. The molecule has 1 aliphatic carbocycles. The zero-order valence-corrected chi connectivity index (χ0v) is 24.5. The summed E-state index contributed by atoms with van der Waals surface area (Å²) in [6, 6.07) is 3.75. The Kier molecular flexibility index (Phi) is 8.18. The van der Waals surface area contributed by atoms with Crippen LogP contribution in [0, 0.1) is 17.8 Å². The fraction of sp³-hybridized carbons (Fsp3) is 0.724. The molecular weight excluding hydrogens is 504 g/mol. The van der Waals surface area contributed by atoms with Crippen molar-refractivity contribution < 1.29 is 15.0 Å². The highest BCUT2D eigenvalue weighted by Gasteiger charge is 2.47. The molecular formula is C29H45BrN2O3. The summed E-state index contributed by atoms with van der Waals surface area (Å²) >= 11 is 3.35. The fourth-order valence-electron chi connectivity index (χ4n) is 6.08. The summed E-state index contributed by atoms with van der Waals surface area (Å²) in [4.78, 5) is 15.7. The monoisotopic (exact) mass is 548 g/mol. The maximum absolute atomic E-state index is 13.6. The summed E-state index contributed by atoms with van der Waals surface area (Å²) in [6.07, 6.45) is 4.51. The molecule has 1 aromatic carbocycles. The van der Waals surface area contributed by atoms with E-state index < -0.39 is 5.60 Å². The van der Waals surface area contributed by atoms with Crippen LogP contribution in [-0.2, 0) is 10.8 Å². The number of rotatable bonds is 7. The second-order valence-corrected chi connectivity index (χ2v) is 13.4. The van der Waals surface area contributed by atoms with Crippen molar-refractivity contribution >= 4 is 27.8 Å². The Bertz CT molecular complexity index is 934. The lowest BCUT2D eigenvalue weighted by molar-refractivity contribution is 0.00777. The van der Waals surface area contributed by atoms with Crippen LogP contribution in [0.25, 0.3) is 0 Å².